The van der Waals surface area contributed by atoms with E-state index in [-0.39, 0.29) is 0 Å². The van der Waals surface area contributed by atoms with Crippen LogP contribution in [0.1, 0.15) is 62.6 Å². The summed E-state index contributed by atoms with van der Waals surface area (Å²) in [6, 6.07) is 18.0. The second kappa shape index (κ2) is 8.12. The van der Waals surface area contributed by atoms with Crippen molar-refractivity contribution in [1.82, 2.24) is 0 Å². The summed E-state index contributed by atoms with van der Waals surface area (Å²) in [6.07, 6.45) is 6.36. The van der Waals surface area contributed by atoms with Crippen molar-refractivity contribution >= 4 is 11.5 Å². The largest absolute Gasteiger partial charge is 0.481 e. The molecular weight excluding hydrogens is 332 g/mol. The second-order valence-electron chi connectivity index (χ2n) is 8.77. The van der Waals surface area contributed by atoms with Gasteiger partial charge in [0, 0.05) is 0 Å². The van der Waals surface area contributed by atoms with Gasteiger partial charge in [0.25, 0.3) is 0 Å². The minimum Gasteiger partial charge on any atom is -0.481 e. The Balaban J connectivity index is 1.74. The molecule has 27 heavy (non-hydrogen) atoms. The first-order valence-corrected chi connectivity index (χ1v) is 9.90. The predicted molar refractivity (Wildman–Crippen MR) is 112 cm³/mol. The van der Waals surface area contributed by atoms with Crippen molar-refractivity contribution < 1.29 is 9.90 Å². The molecule has 2 aromatic rings. The Morgan fingerprint density at radius 3 is 2.26 bits per heavy atom. The molecule has 2 aromatic carbocycles. The summed E-state index contributed by atoms with van der Waals surface area (Å²) < 4.78 is 0. The molecule has 0 heterocycles. The van der Waals surface area contributed by atoms with E-state index in [2.05, 4.69) is 39.0 Å². The average Bonchev–Trinajstić information content (AvgIpc) is 2.66. The number of aliphatic carboxylic acids is 1. The van der Waals surface area contributed by atoms with Crippen molar-refractivity contribution in [3.05, 3.63) is 77.4 Å². The Labute approximate surface area is 162 Å². The number of hydrogen-bond acceptors (Lipinski definition) is 1. The van der Waals surface area contributed by atoms with Crippen LogP contribution in [0.5, 0.6) is 0 Å². The Morgan fingerprint density at radius 2 is 1.74 bits per heavy atom. The highest BCUT2D eigenvalue weighted by molar-refractivity contribution is 5.77. The molecule has 1 unspecified atom stereocenters. The van der Waals surface area contributed by atoms with Gasteiger partial charge in [-0.2, -0.15) is 0 Å². The molecule has 0 aliphatic heterocycles. The molecule has 2 heteroatoms. The van der Waals surface area contributed by atoms with Crippen LogP contribution >= 0.6 is 0 Å². The van der Waals surface area contributed by atoms with E-state index in [9.17, 15) is 9.90 Å². The molecule has 0 spiro atoms. The molecule has 0 saturated carbocycles. The molecule has 1 aliphatic carbocycles. The van der Waals surface area contributed by atoms with Gasteiger partial charge in [0.05, 0.1) is 5.92 Å². The summed E-state index contributed by atoms with van der Waals surface area (Å²) in [6.45, 7) is 6.97. The first-order valence-electron chi connectivity index (χ1n) is 9.90. The van der Waals surface area contributed by atoms with Crippen LogP contribution in [-0.4, -0.2) is 11.1 Å². The van der Waals surface area contributed by atoms with Crippen molar-refractivity contribution in [2.45, 2.75) is 52.4 Å². The standard InChI is InChI=1S/C25H30O2/c1-25(2,3)22-15-13-20(14-16-22)19-9-11-21(12-10-19)23(24(26)27)17-18-7-5-4-6-8-18/h4-13,22-23H,14-17H2,1-3H3,(H,26,27)/t22-,23?/m0/s1. The first-order chi connectivity index (χ1) is 12.8. The fourth-order valence-electron chi connectivity index (χ4n) is 4.01. The van der Waals surface area contributed by atoms with Crippen molar-refractivity contribution in [2.24, 2.45) is 11.3 Å². The van der Waals surface area contributed by atoms with E-state index < -0.39 is 11.9 Å². The molecule has 142 valence electrons. The Bertz CT molecular complexity index is 794. The molecule has 2 nitrogen and oxygen atoms in total. The van der Waals surface area contributed by atoms with Crippen LogP contribution in [0.4, 0.5) is 0 Å². The average molecular weight is 363 g/mol. The lowest BCUT2D eigenvalue weighted by atomic mass is 9.72. The lowest BCUT2D eigenvalue weighted by Crippen LogP contribution is -2.22. The third-order valence-electron chi connectivity index (χ3n) is 5.90. The number of hydrogen-bond donors (Lipinski definition) is 1. The lowest BCUT2D eigenvalue weighted by molar-refractivity contribution is -0.138. The van der Waals surface area contributed by atoms with Gasteiger partial charge in [0.15, 0.2) is 0 Å². The van der Waals surface area contributed by atoms with Crippen molar-refractivity contribution in [2.75, 3.05) is 0 Å². The van der Waals surface area contributed by atoms with Gasteiger partial charge in [-0.3, -0.25) is 4.79 Å². The Kier molecular flexibility index (Phi) is 5.84. The summed E-state index contributed by atoms with van der Waals surface area (Å²) in [4.78, 5) is 11.8. The third kappa shape index (κ3) is 4.88. The van der Waals surface area contributed by atoms with Gasteiger partial charge in [-0.1, -0.05) is 81.4 Å². The normalized spacial score (nSPS) is 18.6. The summed E-state index contributed by atoms with van der Waals surface area (Å²) in [5.41, 5.74) is 4.92. The zero-order valence-electron chi connectivity index (χ0n) is 16.6. The number of allylic oxidation sites excluding steroid dienone is 2. The number of carbonyl (C=O) groups is 1. The van der Waals surface area contributed by atoms with E-state index in [1.165, 1.54) is 17.6 Å². The number of carboxylic acids is 1. The zero-order valence-corrected chi connectivity index (χ0v) is 16.6. The second-order valence-corrected chi connectivity index (χ2v) is 8.77. The minimum atomic E-state index is -0.767. The predicted octanol–water partition coefficient (Wildman–Crippen LogP) is 6.33. The molecule has 0 aromatic heterocycles. The molecule has 1 aliphatic rings. The van der Waals surface area contributed by atoms with Crippen LogP contribution in [0.2, 0.25) is 0 Å². The van der Waals surface area contributed by atoms with Gasteiger partial charge < -0.3 is 5.11 Å². The SMILES string of the molecule is CC(C)(C)[C@H]1CC=C(c2ccc(C(Cc3ccccc3)C(=O)O)cc2)CC1. The molecular formula is C25H30O2. The van der Waals surface area contributed by atoms with Gasteiger partial charge in [0.1, 0.15) is 0 Å². The van der Waals surface area contributed by atoms with E-state index in [1.54, 1.807) is 0 Å². The topological polar surface area (TPSA) is 37.3 Å². The number of carboxylic acid groups (broad SMARTS) is 1. The van der Waals surface area contributed by atoms with E-state index >= 15 is 0 Å². The minimum absolute atomic E-state index is 0.359. The highest BCUT2D eigenvalue weighted by Gasteiger charge is 2.26. The summed E-state index contributed by atoms with van der Waals surface area (Å²) in [7, 11) is 0. The molecule has 0 amide bonds. The summed E-state index contributed by atoms with van der Waals surface area (Å²) in [5.74, 6) is -0.536. The summed E-state index contributed by atoms with van der Waals surface area (Å²) in [5, 5.41) is 9.70. The van der Waals surface area contributed by atoms with Gasteiger partial charge >= 0.3 is 5.97 Å². The fraction of sp³-hybridized carbons (Fsp3) is 0.400. The molecule has 2 atom stereocenters. The molecule has 0 bridgehead atoms. The van der Waals surface area contributed by atoms with Crippen molar-refractivity contribution in [3.63, 3.8) is 0 Å². The van der Waals surface area contributed by atoms with E-state index in [1.807, 2.05) is 42.5 Å². The van der Waals surface area contributed by atoms with E-state index in [4.69, 9.17) is 0 Å². The van der Waals surface area contributed by atoms with Gasteiger partial charge in [-0.15, -0.1) is 0 Å². The van der Waals surface area contributed by atoms with Gasteiger partial charge in [-0.25, -0.2) is 0 Å². The van der Waals surface area contributed by atoms with Crippen molar-refractivity contribution in [1.29, 1.82) is 0 Å². The maximum atomic E-state index is 11.8. The Morgan fingerprint density at radius 1 is 1.07 bits per heavy atom. The monoisotopic (exact) mass is 362 g/mol. The zero-order chi connectivity index (χ0) is 19.4. The summed E-state index contributed by atoms with van der Waals surface area (Å²) >= 11 is 0. The molecule has 0 saturated heterocycles. The molecule has 0 radical (unpaired) electrons. The quantitative estimate of drug-likeness (QED) is 0.675. The highest BCUT2D eigenvalue weighted by Crippen LogP contribution is 2.39. The van der Waals surface area contributed by atoms with Gasteiger partial charge in [0.2, 0.25) is 0 Å². The van der Waals surface area contributed by atoms with E-state index in [0.717, 1.165) is 29.9 Å². The molecule has 0 fully saturated rings. The maximum absolute atomic E-state index is 11.8. The van der Waals surface area contributed by atoms with E-state index in [0.29, 0.717) is 11.8 Å². The number of rotatable bonds is 5. The number of benzene rings is 2. The Hall–Kier alpha value is -2.35. The smallest absolute Gasteiger partial charge is 0.311 e. The molecule has 1 N–H and O–H groups in total. The molecule has 3 rings (SSSR count). The fourth-order valence-corrected chi connectivity index (χ4v) is 4.01. The first kappa shape index (κ1) is 19.4. The third-order valence-corrected chi connectivity index (χ3v) is 5.90. The maximum Gasteiger partial charge on any atom is 0.311 e. The van der Waals surface area contributed by atoms with Crippen LogP contribution in [0.25, 0.3) is 5.57 Å². The lowest BCUT2D eigenvalue weighted by Gasteiger charge is -2.33. The van der Waals surface area contributed by atoms with Gasteiger partial charge in [-0.05, 0) is 59.3 Å². The highest BCUT2D eigenvalue weighted by atomic mass is 16.4. The van der Waals surface area contributed by atoms with Crippen LogP contribution in [0.15, 0.2) is 60.7 Å². The van der Waals surface area contributed by atoms with Crippen LogP contribution in [0, 0.1) is 11.3 Å². The van der Waals surface area contributed by atoms with Crippen LogP contribution < -0.4 is 0 Å². The van der Waals surface area contributed by atoms with Crippen molar-refractivity contribution in [3.8, 4) is 0 Å². The van der Waals surface area contributed by atoms with Crippen LogP contribution in [0.3, 0.4) is 0 Å². The van der Waals surface area contributed by atoms with Crippen LogP contribution in [-0.2, 0) is 11.2 Å².